The van der Waals surface area contributed by atoms with E-state index in [-0.39, 0.29) is 6.61 Å². The van der Waals surface area contributed by atoms with Gasteiger partial charge in [-0.15, -0.1) is 0 Å². The Hall–Kier alpha value is -3.02. The summed E-state index contributed by atoms with van der Waals surface area (Å²) in [7, 11) is 0. The van der Waals surface area contributed by atoms with Crippen LogP contribution < -0.4 is 14.8 Å². The summed E-state index contributed by atoms with van der Waals surface area (Å²) >= 11 is 0. The number of rotatable bonds is 9. The highest BCUT2D eigenvalue weighted by molar-refractivity contribution is 5.95. The molecule has 2 aromatic rings. The largest absolute Gasteiger partial charge is 0.490 e. The van der Waals surface area contributed by atoms with Crippen LogP contribution in [0.3, 0.4) is 0 Å². The molecule has 0 saturated carbocycles. The Morgan fingerprint density at radius 1 is 1.00 bits per heavy atom. The lowest BCUT2D eigenvalue weighted by Crippen LogP contribution is -2.31. The standard InChI is InChI=1S/C21H25NO5/c1-4-13-25-18-7-5-6-8-19(18)26-14-20(23)27-16(3)21(24)22-17-11-9-15(2)10-12-17/h5-12,16H,4,13-14H2,1-3H3,(H,22,24)/t16-/m0/s1. The molecule has 0 aliphatic rings. The number of amides is 1. The minimum atomic E-state index is -0.936. The van der Waals surface area contributed by atoms with E-state index < -0.39 is 18.0 Å². The number of ether oxygens (including phenoxy) is 3. The molecule has 0 spiro atoms. The molecular weight excluding hydrogens is 346 g/mol. The second kappa shape index (κ2) is 10.2. The highest BCUT2D eigenvalue weighted by atomic mass is 16.6. The van der Waals surface area contributed by atoms with E-state index in [0.717, 1.165) is 12.0 Å². The Morgan fingerprint density at radius 3 is 2.26 bits per heavy atom. The predicted octanol–water partition coefficient (Wildman–Crippen LogP) is 3.73. The van der Waals surface area contributed by atoms with Crippen molar-refractivity contribution in [1.29, 1.82) is 0 Å². The fourth-order valence-electron chi connectivity index (χ4n) is 2.20. The molecule has 0 fully saturated rings. The fraction of sp³-hybridized carbons (Fsp3) is 0.333. The molecule has 0 bridgehead atoms. The molecule has 27 heavy (non-hydrogen) atoms. The van der Waals surface area contributed by atoms with Crippen molar-refractivity contribution < 1.29 is 23.8 Å². The Balaban J connectivity index is 1.82. The van der Waals surface area contributed by atoms with E-state index in [1.807, 2.05) is 32.0 Å². The van der Waals surface area contributed by atoms with Crippen LogP contribution in [0.1, 0.15) is 25.8 Å². The number of benzene rings is 2. The van der Waals surface area contributed by atoms with Gasteiger partial charge in [0.25, 0.3) is 5.91 Å². The lowest BCUT2D eigenvalue weighted by molar-refractivity contribution is -0.155. The second-order valence-corrected chi connectivity index (χ2v) is 6.07. The van der Waals surface area contributed by atoms with Crippen LogP contribution in [-0.4, -0.2) is 31.2 Å². The van der Waals surface area contributed by atoms with Gasteiger partial charge in [0.1, 0.15) is 0 Å². The van der Waals surface area contributed by atoms with Crippen LogP contribution >= 0.6 is 0 Å². The van der Waals surface area contributed by atoms with Gasteiger partial charge in [0.05, 0.1) is 6.61 Å². The topological polar surface area (TPSA) is 73.9 Å². The quantitative estimate of drug-likeness (QED) is 0.680. The van der Waals surface area contributed by atoms with Crippen LogP contribution in [0.2, 0.25) is 0 Å². The van der Waals surface area contributed by atoms with Crippen molar-refractivity contribution in [3.8, 4) is 11.5 Å². The van der Waals surface area contributed by atoms with E-state index in [4.69, 9.17) is 14.2 Å². The number of carbonyl (C=O) groups excluding carboxylic acids is 2. The Morgan fingerprint density at radius 2 is 1.63 bits per heavy atom. The monoisotopic (exact) mass is 371 g/mol. The molecule has 0 aliphatic heterocycles. The van der Waals surface area contributed by atoms with Crippen LogP contribution in [0.5, 0.6) is 11.5 Å². The van der Waals surface area contributed by atoms with Crippen molar-refractivity contribution in [1.82, 2.24) is 0 Å². The molecule has 1 amide bonds. The summed E-state index contributed by atoms with van der Waals surface area (Å²) in [6.07, 6.45) is -0.0711. The van der Waals surface area contributed by atoms with E-state index in [1.165, 1.54) is 6.92 Å². The first kappa shape index (κ1) is 20.3. The predicted molar refractivity (Wildman–Crippen MR) is 103 cm³/mol. The fourth-order valence-corrected chi connectivity index (χ4v) is 2.20. The molecule has 2 aromatic carbocycles. The van der Waals surface area contributed by atoms with Crippen LogP contribution in [0.15, 0.2) is 48.5 Å². The van der Waals surface area contributed by atoms with Gasteiger partial charge in [0.15, 0.2) is 24.2 Å². The molecular formula is C21H25NO5. The molecule has 144 valence electrons. The summed E-state index contributed by atoms with van der Waals surface area (Å²) in [5, 5.41) is 2.70. The zero-order chi connectivity index (χ0) is 19.6. The second-order valence-electron chi connectivity index (χ2n) is 6.07. The number of para-hydroxylation sites is 2. The van der Waals surface area contributed by atoms with Crippen LogP contribution in [-0.2, 0) is 14.3 Å². The van der Waals surface area contributed by atoms with Crippen LogP contribution in [0.4, 0.5) is 5.69 Å². The number of carbonyl (C=O) groups is 2. The number of aryl methyl sites for hydroxylation is 1. The zero-order valence-corrected chi connectivity index (χ0v) is 15.9. The van der Waals surface area contributed by atoms with Gasteiger partial charge in [-0.1, -0.05) is 36.8 Å². The normalized spacial score (nSPS) is 11.4. The molecule has 0 radical (unpaired) electrons. The molecule has 0 unspecified atom stereocenters. The Kier molecular flexibility index (Phi) is 7.67. The minimum Gasteiger partial charge on any atom is -0.490 e. The lowest BCUT2D eigenvalue weighted by Gasteiger charge is -2.15. The number of esters is 1. The highest BCUT2D eigenvalue weighted by Gasteiger charge is 2.18. The molecule has 0 aliphatic carbocycles. The number of anilines is 1. The van der Waals surface area contributed by atoms with E-state index in [1.54, 1.807) is 30.3 Å². The van der Waals surface area contributed by atoms with E-state index in [0.29, 0.717) is 23.8 Å². The molecule has 6 nitrogen and oxygen atoms in total. The van der Waals surface area contributed by atoms with Crippen molar-refractivity contribution in [3.05, 3.63) is 54.1 Å². The first-order valence-corrected chi connectivity index (χ1v) is 8.91. The zero-order valence-electron chi connectivity index (χ0n) is 15.9. The Bertz CT molecular complexity index is 757. The van der Waals surface area contributed by atoms with Crippen LogP contribution in [0, 0.1) is 6.92 Å². The molecule has 0 heterocycles. The average molecular weight is 371 g/mol. The highest BCUT2D eigenvalue weighted by Crippen LogP contribution is 2.26. The Labute approximate surface area is 159 Å². The maximum Gasteiger partial charge on any atom is 0.344 e. The van der Waals surface area contributed by atoms with Crippen molar-refractivity contribution in [3.63, 3.8) is 0 Å². The third-order valence-corrected chi connectivity index (χ3v) is 3.65. The third-order valence-electron chi connectivity index (χ3n) is 3.65. The summed E-state index contributed by atoms with van der Waals surface area (Å²) < 4.78 is 16.2. The average Bonchev–Trinajstić information content (AvgIpc) is 2.67. The molecule has 0 saturated heterocycles. The van der Waals surface area contributed by atoms with Crippen LogP contribution in [0.25, 0.3) is 0 Å². The number of hydrogen-bond acceptors (Lipinski definition) is 5. The maximum atomic E-state index is 12.1. The summed E-state index contributed by atoms with van der Waals surface area (Å²) in [6, 6.07) is 14.5. The summed E-state index contributed by atoms with van der Waals surface area (Å²) in [4.78, 5) is 24.1. The van der Waals surface area contributed by atoms with Gasteiger partial charge in [0, 0.05) is 5.69 Å². The van der Waals surface area contributed by atoms with Gasteiger partial charge in [-0.05, 0) is 44.5 Å². The van der Waals surface area contributed by atoms with Gasteiger partial charge in [-0.3, -0.25) is 4.79 Å². The molecule has 2 rings (SSSR count). The molecule has 6 heteroatoms. The van der Waals surface area contributed by atoms with Gasteiger partial charge >= 0.3 is 5.97 Å². The maximum absolute atomic E-state index is 12.1. The van der Waals surface area contributed by atoms with Crippen molar-refractivity contribution in [2.24, 2.45) is 0 Å². The van der Waals surface area contributed by atoms with E-state index in [9.17, 15) is 9.59 Å². The van der Waals surface area contributed by atoms with Gasteiger partial charge in [0.2, 0.25) is 0 Å². The van der Waals surface area contributed by atoms with E-state index >= 15 is 0 Å². The first-order valence-electron chi connectivity index (χ1n) is 8.91. The molecule has 1 N–H and O–H groups in total. The molecule has 0 aromatic heterocycles. The summed E-state index contributed by atoms with van der Waals surface area (Å²) in [5.41, 5.74) is 1.74. The summed E-state index contributed by atoms with van der Waals surface area (Å²) in [6.45, 7) is 5.72. The van der Waals surface area contributed by atoms with Gasteiger partial charge in [-0.2, -0.15) is 0 Å². The van der Waals surface area contributed by atoms with Crippen molar-refractivity contribution in [2.75, 3.05) is 18.5 Å². The SMILES string of the molecule is CCCOc1ccccc1OCC(=O)O[C@@H](C)C(=O)Nc1ccc(C)cc1. The third kappa shape index (κ3) is 6.66. The summed E-state index contributed by atoms with van der Waals surface area (Å²) in [5.74, 6) is -0.0114. The van der Waals surface area contributed by atoms with Crippen molar-refractivity contribution in [2.45, 2.75) is 33.3 Å². The van der Waals surface area contributed by atoms with Gasteiger partial charge < -0.3 is 19.5 Å². The lowest BCUT2D eigenvalue weighted by atomic mass is 10.2. The minimum absolute atomic E-state index is 0.311. The molecule has 1 atom stereocenters. The number of nitrogens with one attached hydrogen (secondary N) is 1. The van der Waals surface area contributed by atoms with Crippen molar-refractivity contribution >= 4 is 17.6 Å². The van der Waals surface area contributed by atoms with E-state index in [2.05, 4.69) is 5.32 Å². The number of hydrogen-bond donors (Lipinski definition) is 1. The smallest absolute Gasteiger partial charge is 0.344 e. The van der Waals surface area contributed by atoms with Gasteiger partial charge in [-0.25, -0.2) is 4.79 Å². The first-order chi connectivity index (χ1) is 13.0.